The van der Waals surface area contributed by atoms with Crippen molar-refractivity contribution < 1.29 is 9.90 Å². The monoisotopic (exact) mass is 402 g/mol. The molecule has 0 radical (unpaired) electrons. The van der Waals surface area contributed by atoms with Crippen molar-refractivity contribution in [3.63, 3.8) is 0 Å². The highest BCUT2D eigenvalue weighted by atomic mass is 79.9. The number of halogens is 2. The van der Waals surface area contributed by atoms with Crippen LogP contribution in [0.5, 0.6) is 0 Å². The van der Waals surface area contributed by atoms with E-state index in [0.29, 0.717) is 11.4 Å². The summed E-state index contributed by atoms with van der Waals surface area (Å²) in [6, 6.07) is 11.4. The first-order chi connectivity index (χ1) is 10.1. The molecule has 0 aliphatic carbocycles. The van der Waals surface area contributed by atoms with Gasteiger partial charge >= 0.3 is 5.97 Å². The first-order valence-electron chi connectivity index (χ1n) is 6.37. The Morgan fingerprint density at radius 3 is 2.77 bits per heavy atom. The van der Waals surface area contributed by atoms with Crippen LogP contribution >= 0.6 is 40.1 Å². The molecule has 3 N–H and O–H groups in total. The molecule has 0 amide bonds. The van der Waals surface area contributed by atoms with Crippen LogP contribution in [0.2, 0.25) is 0 Å². The first kappa shape index (κ1) is 18.8. The third-order valence-corrected chi connectivity index (χ3v) is 4.65. The van der Waals surface area contributed by atoms with Crippen molar-refractivity contribution in [1.82, 2.24) is 4.98 Å². The highest BCUT2D eigenvalue weighted by Gasteiger charge is 2.19. The number of benzene rings is 1. The molecule has 0 bridgehead atoms. The summed E-state index contributed by atoms with van der Waals surface area (Å²) in [6.45, 7) is 0. The molecule has 4 nitrogen and oxygen atoms in total. The van der Waals surface area contributed by atoms with E-state index < -0.39 is 5.97 Å². The third kappa shape index (κ3) is 5.19. The molecule has 118 valence electrons. The Labute approximate surface area is 148 Å². The predicted octanol–water partition coefficient (Wildman–Crippen LogP) is 4.15. The summed E-state index contributed by atoms with van der Waals surface area (Å²) in [7, 11) is 0. The lowest BCUT2D eigenvalue weighted by atomic mass is 10.1. The Kier molecular flexibility index (Phi) is 7.72. The van der Waals surface area contributed by atoms with Gasteiger partial charge in [-0.25, -0.2) is 0 Å². The summed E-state index contributed by atoms with van der Waals surface area (Å²) in [5.41, 5.74) is 8.57. The number of rotatable bonds is 6. The zero-order chi connectivity index (χ0) is 15.2. The number of nitrogens with two attached hydrogens (primary N) is 1. The van der Waals surface area contributed by atoms with Crippen LogP contribution in [0.15, 0.2) is 47.1 Å². The molecule has 2 rings (SSSR count). The molecule has 1 heterocycles. The van der Waals surface area contributed by atoms with Crippen LogP contribution in [0.25, 0.3) is 0 Å². The molecule has 1 aromatic heterocycles. The van der Waals surface area contributed by atoms with Gasteiger partial charge in [0.2, 0.25) is 0 Å². The second-order valence-corrected chi connectivity index (χ2v) is 6.55. The minimum atomic E-state index is -0.801. The van der Waals surface area contributed by atoms with Gasteiger partial charge in [-0.2, -0.15) is 0 Å². The molecular weight excluding hydrogens is 388 g/mol. The maximum atomic E-state index is 10.7. The molecule has 1 unspecified atom stereocenters. The lowest BCUT2D eigenvalue weighted by Gasteiger charge is -2.18. The molecular formula is C15H16BrClN2O2S. The van der Waals surface area contributed by atoms with E-state index in [-0.39, 0.29) is 24.1 Å². The van der Waals surface area contributed by atoms with E-state index in [4.69, 9.17) is 10.8 Å². The Morgan fingerprint density at radius 2 is 2.14 bits per heavy atom. The Hall–Kier alpha value is -1.24. The number of aromatic nitrogens is 1. The first-order valence-corrected chi connectivity index (χ1v) is 8.21. The number of nitrogens with zero attached hydrogens (tertiary/aromatic N) is 1. The Balaban J connectivity index is 0.00000242. The molecule has 0 spiro atoms. The van der Waals surface area contributed by atoms with E-state index in [1.165, 1.54) is 11.8 Å². The lowest BCUT2D eigenvalue weighted by Crippen LogP contribution is -2.06. The summed E-state index contributed by atoms with van der Waals surface area (Å²) >= 11 is 4.98. The van der Waals surface area contributed by atoms with Crippen LogP contribution < -0.4 is 5.73 Å². The normalized spacial score (nSPS) is 11.5. The van der Waals surface area contributed by atoms with Crippen molar-refractivity contribution in [3.05, 3.63) is 58.3 Å². The van der Waals surface area contributed by atoms with Crippen molar-refractivity contribution in [1.29, 1.82) is 0 Å². The van der Waals surface area contributed by atoms with Gasteiger partial charge in [-0.15, -0.1) is 24.2 Å². The van der Waals surface area contributed by atoms with E-state index in [2.05, 4.69) is 20.9 Å². The second kappa shape index (κ2) is 9.02. The van der Waals surface area contributed by atoms with Crippen LogP contribution in [0, 0.1) is 0 Å². The Morgan fingerprint density at radius 1 is 1.36 bits per heavy atom. The fraction of sp³-hybridized carbons (Fsp3) is 0.200. The summed E-state index contributed by atoms with van der Waals surface area (Å²) in [5.74, 6) is -0.299. The molecule has 0 saturated carbocycles. The highest BCUT2D eigenvalue weighted by Crippen LogP contribution is 2.38. The molecule has 0 saturated heterocycles. The average Bonchev–Trinajstić information content (AvgIpc) is 2.47. The summed E-state index contributed by atoms with van der Waals surface area (Å²) in [5, 5.41) is 8.72. The highest BCUT2D eigenvalue weighted by molar-refractivity contribution is 9.10. The van der Waals surface area contributed by atoms with Gasteiger partial charge in [-0.1, -0.05) is 22.0 Å². The van der Waals surface area contributed by atoms with E-state index in [1.54, 1.807) is 6.20 Å². The maximum absolute atomic E-state index is 10.7. The number of nitrogen functional groups attached to an aromatic ring is 1. The van der Waals surface area contributed by atoms with E-state index in [9.17, 15) is 4.79 Å². The van der Waals surface area contributed by atoms with Crippen LogP contribution in [0.3, 0.4) is 0 Å². The number of carboxylic acid groups (broad SMARTS) is 1. The average molecular weight is 404 g/mol. The summed E-state index contributed by atoms with van der Waals surface area (Å²) < 4.78 is 0.937. The standard InChI is InChI=1S/C15H15BrN2O2S.ClH/c16-10-4-5-12(17)11(9-10)15(21-8-6-14(19)20)13-3-1-2-7-18-13;/h1-5,7,9,15H,6,8,17H2,(H,19,20);1H. The van der Waals surface area contributed by atoms with E-state index in [1.807, 2.05) is 36.4 Å². The number of anilines is 1. The fourth-order valence-corrected chi connectivity index (χ4v) is 3.50. The van der Waals surface area contributed by atoms with Crippen molar-refractivity contribution in [2.75, 3.05) is 11.5 Å². The van der Waals surface area contributed by atoms with Crippen molar-refractivity contribution in [3.8, 4) is 0 Å². The molecule has 2 aromatic rings. The number of hydrogen-bond donors (Lipinski definition) is 2. The van der Waals surface area contributed by atoms with Gasteiger partial charge in [0.15, 0.2) is 0 Å². The van der Waals surface area contributed by atoms with Gasteiger partial charge in [0.25, 0.3) is 0 Å². The smallest absolute Gasteiger partial charge is 0.304 e. The predicted molar refractivity (Wildman–Crippen MR) is 96.6 cm³/mol. The molecule has 1 atom stereocenters. The quantitative estimate of drug-likeness (QED) is 0.709. The van der Waals surface area contributed by atoms with Gasteiger partial charge in [0.05, 0.1) is 17.4 Å². The largest absolute Gasteiger partial charge is 0.481 e. The summed E-state index contributed by atoms with van der Waals surface area (Å²) in [4.78, 5) is 15.1. The minimum absolute atomic E-state index is 0. The van der Waals surface area contributed by atoms with E-state index in [0.717, 1.165) is 15.7 Å². The van der Waals surface area contributed by atoms with Crippen molar-refractivity contribution in [2.45, 2.75) is 11.7 Å². The fourth-order valence-electron chi connectivity index (χ4n) is 1.90. The molecule has 1 aromatic carbocycles. The maximum Gasteiger partial charge on any atom is 0.304 e. The van der Waals surface area contributed by atoms with Crippen LogP contribution in [-0.4, -0.2) is 21.8 Å². The lowest BCUT2D eigenvalue weighted by molar-refractivity contribution is -0.136. The zero-order valence-corrected chi connectivity index (χ0v) is 14.8. The van der Waals surface area contributed by atoms with Gasteiger partial charge in [0, 0.05) is 22.1 Å². The second-order valence-electron chi connectivity index (χ2n) is 4.42. The van der Waals surface area contributed by atoms with Gasteiger partial charge in [0.1, 0.15) is 0 Å². The molecule has 7 heteroatoms. The van der Waals surface area contributed by atoms with E-state index >= 15 is 0 Å². The number of thioether (sulfide) groups is 1. The Bertz CT molecular complexity index is 628. The van der Waals surface area contributed by atoms with Gasteiger partial charge in [-0.3, -0.25) is 9.78 Å². The van der Waals surface area contributed by atoms with Crippen molar-refractivity contribution in [2.24, 2.45) is 0 Å². The minimum Gasteiger partial charge on any atom is -0.481 e. The molecule has 0 fully saturated rings. The molecule has 0 aliphatic heterocycles. The van der Waals surface area contributed by atoms with Crippen LogP contribution in [-0.2, 0) is 4.79 Å². The summed E-state index contributed by atoms with van der Waals surface area (Å²) in [6.07, 6.45) is 1.84. The van der Waals surface area contributed by atoms with Crippen LogP contribution in [0.1, 0.15) is 22.9 Å². The SMILES string of the molecule is Cl.Nc1ccc(Br)cc1C(SCCC(=O)O)c1ccccn1. The van der Waals surface area contributed by atoms with Gasteiger partial charge in [-0.05, 0) is 35.9 Å². The number of carboxylic acids is 1. The number of aliphatic carboxylic acids is 1. The zero-order valence-electron chi connectivity index (χ0n) is 11.6. The number of carbonyl (C=O) groups is 1. The van der Waals surface area contributed by atoms with Gasteiger partial charge < -0.3 is 10.8 Å². The topological polar surface area (TPSA) is 76.2 Å². The van der Waals surface area contributed by atoms with Crippen molar-refractivity contribution >= 4 is 51.8 Å². The molecule has 22 heavy (non-hydrogen) atoms. The third-order valence-electron chi connectivity index (χ3n) is 2.89. The number of hydrogen-bond acceptors (Lipinski definition) is 4. The molecule has 0 aliphatic rings. The number of pyridine rings is 1. The van der Waals surface area contributed by atoms with Crippen LogP contribution in [0.4, 0.5) is 5.69 Å².